The van der Waals surface area contributed by atoms with Gasteiger partial charge in [0, 0.05) is 18.8 Å². The fourth-order valence-electron chi connectivity index (χ4n) is 1.54. The minimum absolute atomic E-state index is 0.129. The van der Waals surface area contributed by atoms with E-state index in [-0.39, 0.29) is 17.2 Å². The van der Waals surface area contributed by atoms with Crippen LogP contribution in [0.25, 0.3) is 0 Å². The van der Waals surface area contributed by atoms with Crippen molar-refractivity contribution < 1.29 is 9.21 Å². The average Bonchev–Trinajstić information content (AvgIpc) is 2.92. The van der Waals surface area contributed by atoms with E-state index < -0.39 is 0 Å². The molecule has 0 spiro atoms. The normalized spacial score (nSPS) is 10.5. The molecule has 6 nitrogen and oxygen atoms in total. The van der Waals surface area contributed by atoms with E-state index in [0.717, 1.165) is 0 Å². The first-order valence-electron chi connectivity index (χ1n) is 6.03. The van der Waals surface area contributed by atoms with Gasteiger partial charge in [-0.25, -0.2) is 4.98 Å². The summed E-state index contributed by atoms with van der Waals surface area (Å²) in [5.41, 5.74) is 0.516. The summed E-state index contributed by atoms with van der Waals surface area (Å²) in [6.07, 6.45) is 1.56. The molecule has 0 fully saturated rings. The lowest BCUT2D eigenvalue weighted by atomic mass is 10.4. The van der Waals surface area contributed by atoms with Gasteiger partial charge in [0.15, 0.2) is 5.16 Å². The smallest absolute Gasteiger partial charge is 0.254 e. The fraction of sp³-hybridized carbons (Fsp3) is 0.308. The second kappa shape index (κ2) is 6.42. The first kappa shape index (κ1) is 14.4. The predicted octanol–water partition coefficient (Wildman–Crippen LogP) is 1.09. The molecule has 106 valence electrons. The number of nitrogens with zero attached hydrogens (tertiary/aromatic N) is 2. The molecule has 1 amide bonds. The van der Waals surface area contributed by atoms with E-state index in [4.69, 9.17) is 4.42 Å². The maximum atomic E-state index is 11.7. The fourth-order valence-corrected chi connectivity index (χ4v) is 2.39. The number of aromatic nitrogens is 2. The quantitative estimate of drug-likeness (QED) is 0.659. The molecule has 2 heterocycles. The Labute approximate surface area is 120 Å². The van der Waals surface area contributed by atoms with Crippen molar-refractivity contribution in [1.29, 1.82) is 0 Å². The number of thioether (sulfide) groups is 1. The lowest BCUT2D eigenvalue weighted by Gasteiger charge is -2.07. The van der Waals surface area contributed by atoms with Crippen molar-refractivity contribution in [3.8, 4) is 0 Å². The van der Waals surface area contributed by atoms with E-state index in [9.17, 15) is 9.59 Å². The van der Waals surface area contributed by atoms with Crippen LogP contribution in [0.1, 0.15) is 11.5 Å². The third kappa shape index (κ3) is 3.74. The van der Waals surface area contributed by atoms with Gasteiger partial charge in [0.2, 0.25) is 5.91 Å². The van der Waals surface area contributed by atoms with Gasteiger partial charge in [-0.3, -0.25) is 14.2 Å². The maximum Gasteiger partial charge on any atom is 0.254 e. The molecule has 0 saturated heterocycles. The molecule has 0 radical (unpaired) electrons. The van der Waals surface area contributed by atoms with E-state index in [1.807, 2.05) is 0 Å². The molecule has 1 N–H and O–H groups in total. The molecule has 2 rings (SSSR count). The summed E-state index contributed by atoms with van der Waals surface area (Å²) in [5, 5.41) is 3.27. The summed E-state index contributed by atoms with van der Waals surface area (Å²) < 4.78 is 6.55. The molecule has 0 aromatic carbocycles. The summed E-state index contributed by atoms with van der Waals surface area (Å²) >= 11 is 1.23. The molecule has 0 atom stereocenters. The monoisotopic (exact) mass is 293 g/mol. The van der Waals surface area contributed by atoms with Gasteiger partial charge >= 0.3 is 0 Å². The molecule has 2 aromatic heterocycles. The van der Waals surface area contributed by atoms with Crippen LogP contribution in [-0.2, 0) is 18.4 Å². The SMILES string of the molecule is Cc1cc(=O)n(C)c(SCC(=O)NCc2ccco2)n1. The Morgan fingerprint density at radius 3 is 3.05 bits per heavy atom. The molecule has 0 saturated carbocycles. The van der Waals surface area contributed by atoms with Gasteiger partial charge in [-0.2, -0.15) is 0 Å². The summed E-state index contributed by atoms with van der Waals surface area (Å²) in [7, 11) is 1.64. The van der Waals surface area contributed by atoms with Crippen LogP contribution in [-0.4, -0.2) is 21.2 Å². The van der Waals surface area contributed by atoms with E-state index in [1.165, 1.54) is 22.4 Å². The Morgan fingerprint density at radius 1 is 1.55 bits per heavy atom. The number of rotatable bonds is 5. The highest BCUT2D eigenvalue weighted by Crippen LogP contribution is 2.12. The van der Waals surface area contributed by atoms with Crippen LogP contribution in [0.4, 0.5) is 0 Å². The van der Waals surface area contributed by atoms with Crippen LogP contribution in [0.5, 0.6) is 0 Å². The van der Waals surface area contributed by atoms with E-state index in [0.29, 0.717) is 23.2 Å². The summed E-state index contributed by atoms with van der Waals surface area (Å²) in [6.45, 7) is 2.11. The number of hydrogen-bond acceptors (Lipinski definition) is 5. The second-order valence-corrected chi connectivity index (χ2v) is 5.16. The largest absolute Gasteiger partial charge is 0.467 e. The van der Waals surface area contributed by atoms with Gasteiger partial charge in [0.05, 0.1) is 18.6 Å². The minimum Gasteiger partial charge on any atom is -0.467 e. The lowest BCUT2D eigenvalue weighted by molar-refractivity contribution is -0.118. The Hall–Kier alpha value is -2.02. The van der Waals surface area contributed by atoms with Gasteiger partial charge in [-0.15, -0.1) is 0 Å². The van der Waals surface area contributed by atoms with Crippen molar-refractivity contribution in [1.82, 2.24) is 14.9 Å². The lowest BCUT2D eigenvalue weighted by Crippen LogP contribution is -2.25. The molecular formula is C13H15N3O3S. The van der Waals surface area contributed by atoms with Crippen molar-refractivity contribution in [2.75, 3.05) is 5.75 Å². The number of furan rings is 1. The molecule has 0 aliphatic heterocycles. The van der Waals surface area contributed by atoms with Gasteiger partial charge in [-0.1, -0.05) is 11.8 Å². The number of hydrogen-bond donors (Lipinski definition) is 1. The summed E-state index contributed by atoms with van der Waals surface area (Å²) in [5.74, 6) is 0.761. The Kier molecular flexibility index (Phi) is 4.62. The van der Waals surface area contributed by atoms with E-state index >= 15 is 0 Å². The van der Waals surface area contributed by atoms with Crippen LogP contribution >= 0.6 is 11.8 Å². The summed E-state index contributed by atoms with van der Waals surface area (Å²) in [6, 6.07) is 5.02. The number of carbonyl (C=O) groups is 1. The molecule has 7 heteroatoms. The van der Waals surface area contributed by atoms with E-state index in [1.54, 1.807) is 32.4 Å². The number of amides is 1. The van der Waals surface area contributed by atoms with Crippen LogP contribution in [0.2, 0.25) is 0 Å². The second-order valence-electron chi connectivity index (χ2n) is 4.22. The van der Waals surface area contributed by atoms with Crippen molar-refractivity contribution >= 4 is 17.7 Å². The zero-order chi connectivity index (χ0) is 14.5. The first-order valence-corrected chi connectivity index (χ1v) is 7.01. The Morgan fingerprint density at radius 2 is 2.35 bits per heavy atom. The van der Waals surface area contributed by atoms with Crippen LogP contribution < -0.4 is 10.9 Å². The topological polar surface area (TPSA) is 77.1 Å². The predicted molar refractivity (Wildman–Crippen MR) is 75.5 cm³/mol. The third-order valence-corrected chi connectivity index (χ3v) is 3.62. The molecular weight excluding hydrogens is 278 g/mol. The van der Waals surface area contributed by atoms with Crippen molar-refractivity contribution in [2.24, 2.45) is 7.05 Å². The van der Waals surface area contributed by atoms with Crippen molar-refractivity contribution in [3.63, 3.8) is 0 Å². The van der Waals surface area contributed by atoms with Gasteiger partial charge in [0.25, 0.3) is 5.56 Å². The zero-order valence-corrected chi connectivity index (χ0v) is 12.1. The zero-order valence-electron chi connectivity index (χ0n) is 11.3. The molecule has 2 aromatic rings. The number of carbonyl (C=O) groups excluding carboxylic acids is 1. The highest BCUT2D eigenvalue weighted by molar-refractivity contribution is 7.99. The van der Waals surface area contributed by atoms with Gasteiger partial charge in [0.1, 0.15) is 5.76 Å². The van der Waals surface area contributed by atoms with Crippen molar-refractivity contribution in [2.45, 2.75) is 18.6 Å². The standard InChI is InChI=1S/C13H15N3O3S/c1-9-6-12(18)16(2)13(15-9)20-8-11(17)14-7-10-4-3-5-19-10/h3-6H,7-8H2,1-2H3,(H,14,17). The van der Waals surface area contributed by atoms with Gasteiger partial charge < -0.3 is 9.73 Å². The average molecular weight is 293 g/mol. The van der Waals surface area contributed by atoms with Crippen LogP contribution in [0.3, 0.4) is 0 Å². The molecule has 0 aliphatic rings. The van der Waals surface area contributed by atoms with Crippen LogP contribution in [0.15, 0.2) is 38.8 Å². The molecule has 0 bridgehead atoms. The molecule has 0 unspecified atom stereocenters. The highest BCUT2D eigenvalue weighted by Gasteiger charge is 2.08. The number of aryl methyl sites for hydroxylation is 1. The molecule has 0 aliphatic carbocycles. The number of nitrogens with one attached hydrogen (secondary N) is 1. The highest BCUT2D eigenvalue weighted by atomic mass is 32.2. The Balaban J connectivity index is 1.89. The Bertz CT molecular complexity index is 649. The maximum absolute atomic E-state index is 11.7. The molecule has 20 heavy (non-hydrogen) atoms. The summed E-state index contributed by atoms with van der Waals surface area (Å²) in [4.78, 5) is 27.5. The van der Waals surface area contributed by atoms with E-state index in [2.05, 4.69) is 10.3 Å². The van der Waals surface area contributed by atoms with Gasteiger partial charge in [-0.05, 0) is 19.1 Å². The minimum atomic E-state index is -0.137. The first-order chi connectivity index (χ1) is 9.56. The van der Waals surface area contributed by atoms with Crippen LogP contribution in [0, 0.1) is 6.92 Å². The third-order valence-electron chi connectivity index (χ3n) is 2.59. The van der Waals surface area contributed by atoms with Crippen molar-refractivity contribution in [3.05, 3.63) is 46.3 Å².